The van der Waals surface area contributed by atoms with Crippen LogP contribution in [-0.4, -0.2) is 104 Å². The minimum atomic E-state index is -0.428. The summed E-state index contributed by atoms with van der Waals surface area (Å²) in [7, 11) is 0. The molecule has 10 nitrogen and oxygen atoms in total. The maximum atomic E-state index is 13.6. The number of rotatable bonds is 13. The zero-order chi connectivity index (χ0) is 45.4. The molecule has 0 aromatic carbocycles. The fourth-order valence-electron chi connectivity index (χ4n) is 18.6. The molecular weight excluding hydrogens is 793 g/mol. The molecule has 360 valence electrons. The molecule has 0 saturated heterocycles. The molecule has 0 aliphatic heterocycles. The van der Waals surface area contributed by atoms with Gasteiger partial charge in [0, 0.05) is 32.5 Å². The second-order valence-corrected chi connectivity index (χ2v) is 24.8. The van der Waals surface area contributed by atoms with Crippen molar-refractivity contribution in [1.82, 2.24) is 10.2 Å². The van der Waals surface area contributed by atoms with E-state index >= 15 is 0 Å². The Labute approximate surface area is 380 Å². The second-order valence-electron chi connectivity index (χ2n) is 24.8. The summed E-state index contributed by atoms with van der Waals surface area (Å²) in [4.78, 5) is 28.7. The highest BCUT2D eigenvalue weighted by molar-refractivity contribution is 5.76. The Morgan fingerprint density at radius 1 is 0.619 bits per heavy atom. The van der Waals surface area contributed by atoms with E-state index in [1.165, 1.54) is 0 Å². The van der Waals surface area contributed by atoms with Crippen LogP contribution in [0.5, 0.6) is 0 Å². The molecular formula is C53H90N2O8. The van der Waals surface area contributed by atoms with Crippen LogP contribution in [0, 0.1) is 92.7 Å². The predicted molar refractivity (Wildman–Crippen MR) is 245 cm³/mol. The van der Waals surface area contributed by atoms with Crippen molar-refractivity contribution in [1.29, 1.82) is 0 Å². The fraction of sp³-hybridized carbons (Fsp3) is 0.962. The molecule has 0 bridgehead atoms. The van der Waals surface area contributed by atoms with Gasteiger partial charge < -0.3 is 40.9 Å². The smallest absolute Gasteiger partial charge is 0.222 e. The number of hydrogen-bond donors (Lipinski definition) is 7. The lowest BCUT2D eigenvalue weighted by atomic mass is 9.43. The van der Waals surface area contributed by atoms with Gasteiger partial charge >= 0.3 is 0 Å². The maximum Gasteiger partial charge on any atom is 0.222 e. The molecule has 0 spiro atoms. The molecule has 12 unspecified atom stereocenters. The lowest BCUT2D eigenvalue weighted by Gasteiger charge is -2.63. The Hall–Kier alpha value is -1.30. The van der Waals surface area contributed by atoms with Crippen LogP contribution in [0.4, 0.5) is 0 Å². The topological polar surface area (TPSA) is 171 Å². The Kier molecular flexibility index (Phi) is 14.0. The van der Waals surface area contributed by atoms with Crippen molar-refractivity contribution in [2.75, 3.05) is 19.6 Å². The van der Waals surface area contributed by atoms with E-state index in [4.69, 9.17) is 0 Å². The zero-order valence-electron chi connectivity index (χ0n) is 40.4. The molecule has 8 aliphatic rings. The molecule has 8 saturated carbocycles. The Balaban J connectivity index is 0.772. The second kappa shape index (κ2) is 18.3. The zero-order valence-corrected chi connectivity index (χ0v) is 40.4. The number of amides is 2. The Bertz CT molecular complexity index is 1630. The summed E-state index contributed by atoms with van der Waals surface area (Å²) in [5.74, 6) is 3.46. The van der Waals surface area contributed by atoms with E-state index in [-0.39, 0.29) is 105 Å². The fourth-order valence-corrected chi connectivity index (χ4v) is 18.6. The molecule has 0 heterocycles. The number of nitrogens with one attached hydrogen (secondary N) is 1. The number of fused-ring (bicyclic) bond motifs is 10. The molecule has 8 aliphatic carbocycles. The van der Waals surface area contributed by atoms with E-state index < -0.39 is 12.2 Å². The van der Waals surface area contributed by atoms with Crippen LogP contribution in [0.1, 0.15) is 170 Å². The van der Waals surface area contributed by atoms with Crippen molar-refractivity contribution < 1.29 is 40.2 Å². The van der Waals surface area contributed by atoms with Crippen molar-refractivity contribution in [2.24, 2.45) is 92.7 Å². The minimum absolute atomic E-state index is 0.0435. The quantitative estimate of drug-likeness (QED) is 0.0962. The average Bonchev–Trinajstić information content (AvgIpc) is 3.79. The van der Waals surface area contributed by atoms with Crippen LogP contribution in [0.25, 0.3) is 0 Å². The van der Waals surface area contributed by atoms with Crippen molar-refractivity contribution >= 4 is 11.8 Å². The third-order valence-electron chi connectivity index (χ3n) is 22.3. The molecule has 10 heteroatoms. The normalized spacial score (nSPS) is 49.9. The first-order valence-electron chi connectivity index (χ1n) is 26.4. The monoisotopic (exact) mass is 883 g/mol. The number of aliphatic hydroxyl groups is 6. The van der Waals surface area contributed by atoms with Crippen molar-refractivity contribution in [2.45, 2.75) is 207 Å². The van der Waals surface area contributed by atoms with Gasteiger partial charge in [-0.2, -0.15) is 0 Å². The summed E-state index contributed by atoms with van der Waals surface area (Å²) in [6.45, 7) is 17.6. The molecule has 8 rings (SSSR count). The Morgan fingerprint density at radius 2 is 1.08 bits per heavy atom. The number of nitrogens with zero attached hydrogens (tertiary/aromatic N) is 1. The predicted octanol–water partition coefficient (Wildman–Crippen LogP) is 7.10. The lowest BCUT2D eigenvalue weighted by Crippen LogP contribution is -2.62. The first-order chi connectivity index (χ1) is 29.8. The lowest BCUT2D eigenvalue weighted by molar-refractivity contribution is -0.207. The third kappa shape index (κ3) is 8.20. The maximum absolute atomic E-state index is 13.6. The van der Waals surface area contributed by atoms with E-state index in [9.17, 15) is 40.2 Å². The SMILES string of the molecule is CCN(CCCNC(=O)CCC(C)C1CCC2C3C(C[C@H](O)[C@]12C)[C@@]1(C)CC[C@@H](O)CC1C[C@H]3O)C(=O)CCC(C)C1CCC2C3C(C[C@H](O)[C@]12C)[C@@]1(C)CC[C@@H](O)CC1C[C@H]3O. The summed E-state index contributed by atoms with van der Waals surface area (Å²) < 4.78 is 0. The molecule has 0 aromatic heterocycles. The van der Waals surface area contributed by atoms with Crippen LogP contribution in [-0.2, 0) is 9.59 Å². The van der Waals surface area contributed by atoms with Gasteiger partial charge in [-0.05, 0) is 209 Å². The van der Waals surface area contributed by atoms with Crippen LogP contribution in [0.3, 0.4) is 0 Å². The number of carbonyl (C=O) groups is 2. The van der Waals surface area contributed by atoms with E-state index in [0.717, 1.165) is 103 Å². The van der Waals surface area contributed by atoms with Crippen LogP contribution < -0.4 is 5.32 Å². The highest BCUT2D eigenvalue weighted by atomic mass is 16.3. The first-order valence-corrected chi connectivity index (χ1v) is 26.4. The van der Waals surface area contributed by atoms with Gasteiger partial charge in [-0.15, -0.1) is 0 Å². The van der Waals surface area contributed by atoms with Crippen LogP contribution in [0.2, 0.25) is 0 Å². The van der Waals surface area contributed by atoms with E-state index in [2.05, 4.69) is 46.9 Å². The van der Waals surface area contributed by atoms with E-state index in [0.29, 0.717) is 62.6 Å². The van der Waals surface area contributed by atoms with Crippen molar-refractivity contribution in [3.63, 3.8) is 0 Å². The molecule has 63 heavy (non-hydrogen) atoms. The molecule has 7 N–H and O–H groups in total. The van der Waals surface area contributed by atoms with Gasteiger partial charge in [-0.3, -0.25) is 9.59 Å². The Morgan fingerprint density at radius 3 is 1.54 bits per heavy atom. The summed E-state index contributed by atoms with van der Waals surface area (Å²) in [6, 6.07) is 0. The molecule has 2 amide bonds. The van der Waals surface area contributed by atoms with Crippen LogP contribution in [0.15, 0.2) is 0 Å². The van der Waals surface area contributed by atoms with Gasteiger partial charge in [-0.25, -0.2) is 0 Å². The number of aliphatic hydroxyl groups excluding tert-OH is 6. The van der Waals surface area contributed by atoms with Gasteiger partial charge in [-0.1, -0.05) is 41.5 Å². The third-order valence-corrected chi connectivity index (χ3v) is 22.3. The minimum Gasteiger partial charge on any atom is -0.393 e. The summed E-state index contributed by atoms with van der Waals surface area (Å²) in [5, 5.41) is 71.3. The van der Waals surface area contributed by atoms with E-state index in [1.54, 1.807) is 0 Å². The highest BCUT2D eigenvalue weighted by Gasteiger charge is 2.67. The van der Waals surface area contributed by atoms with Gasteiger partial charge in [0.15, 0.2) is 0 Å². The van der Waals surface area contributed by atoms with Crippen molar-refractivity contribution in [3.05, 3.63) is 0 Å². The molecule has 8 fully saturated rings. The summed E-state index contributed by atoms with van der Waals surface area (Å²) in [6.07, 6.45) is 13.2. The molecule has 0 aromatic rings. The largest absolute Gasteiger partial charge is 0.393 e. The van der Waals surface area contributed by atoms with Gasteiger partial charge in [0.2, 0.25) is 11.8 Å². The van der Waals surface area contributed by atoms with E-state index in [1.807, 2.05) is 11.8 Å². The van der Waals surface area contributed by atoms with Gasteiger partial charge in [0.05, 0.1) is 36.6 Å². The number of carbonyl (C=O) groups excluding carboxylic acids is 2. The summed E-state index contributed by atoms with van der Waals surface area (Å²) >= 11 is 0. The van der Waals surface area contributed by atoms with Gasteiger partial charge in [0.1, 0.15) is 0 Å². The average molecular weight is 883 g/mol. The first kappa shape index (κ1) is 48.2. The van der Waals surface area contributed by atoms with Gasteiger partial charge in [0.25, 0.3) is 0 Å². The molecule has 0 radical (unpaired) electrons. The number of hydrogen-bond acceptors (Lipinski definition) is 8. The summed E-state index contributed by atoms with van der Waals surface area (Å²) in [5.41, 5.74) is -0.431. The highest BCUT2D eigenvalue weighted by Crippen LogP contribution is 2.70. The molecule has 22 atom stereocenters. The standard InChI is InChI=1S/C53H90N2O8/c1-8-55(47(63)17-11-31(3)37-13-15-39-49-41(29-45(61)53(37,39)7)51(5)21-19-35(57)25-33(51)27-43(49)59)23-9-22-54-46(62)16-10-30(2)36-12-14-38-48-40(28-44(60)52(36,38)6)50(4)20-18-34(56)24-32(50)26-42(48)58/h30-45,48-49,56-61H,8-29H2,1-7H3,(H,54,62)/t30?,31?,32?,33?,34-,35-,36?,37?,38?,39?,40?,41?,42-,43-,44+,45+,48?,49?,50+,51+,52-,53-/m1/s1. The van der Waals surface area contributed by atoms with Crippen molar-refractivity contribution in [3.8, 4) is 0 Å². The van der Waals surface area contributed by atoms with Crippen LogP contribution >= 0.6 is 0 Å².